The van der Waals surface area contributed by atoms with Crippen molar-refractivity contribution in [1.29, 1.82) is 5.41 Å². The van der Waals surface area contributed by atoms with Crippen LogP contribution in [0.1, 0.15) is 65.7 Å². The second kappa shape index (κ2) is 18.7. The largest absolute Gasteiger partial charge is 1.00 e. The van der Waals surface area contributed by atoms with E-state index in [-0.39, 0.29) is 91.5 Å². The summed E-state index contributed by atoms with van der Waals surface area (Å²) in [5.41, 5.74) is 12.6. The number of nitrogens with one attached hydrogen (secondary N) is 2. The number of amides is 2. The Bertz CT molecular complexity index is 1490. The molecular formula is C32H39F3KN7O2. The number of aliphatic imine (C=N–C) groups is 1. The van der Waals surface area contributed by atoms with Crippen LogP contribution in [-0.4, -0.2) is 55.1 Å². The molecule has 1 saturated heterocycles. The zero-order valence-corrected chi connectivity index (χ0v) is 29.7. The van der Waals surface area contributed by atoms with Gasteiger partial charge in [-0.25, -0.2) is 0 Å². The number of nitrogens with two attached hydrogens (primary N) is 2. The molecule has 1 aliphatic rings. The number of anilines is 1. The van der Waals surface area contributed by atoms with Gasteiger partial charge >= 0.3 is 57.6 Å². The molecule has 2 aromatic rings. The molecule has 1 heterocycles. The van der Waals surface area contributed by atoms with Gasteiger partial charge in [-0.15, -0.1) is 0 Å². The van der Waals surface area contributed by atoms with E-state index in [0.717, 1.165) is 30.9 Å². The van der Waals surface area contributed by atoms with Crippen LogP contribution < -0.4 is 68.2 Å². The number of benzene rings is 2. The minimum absolute atomic E-state index is 0. The van der Waals surface area contributed by atoms with E-state index in [1.807, 2.05) is 0 Å². The van der Waals surface area contributed by atoms with Gasteiger partial charge in [0.15, 0.2) is 0 Å². The number of halogens is 3. The normalized spacial score (nSPS) is 15.2. The van der Waals surface area contributed by atoms with Gasteiger partial charge in [-0.05, 0) is 74.0 Å². The summed E-state index contributed by atoms with van der Waals surface area (Å²) in [6.45, 7) is 8.42. The quantitative estimate of drug-likeness (QED) is 0.125. The molecule has 0 bridgehead atoms. The first-order chi connectivity index (χ1) is 20.7. The number of rotatable bonds is 6. The molecule has 0 saturated carbocycles. The van der Waals surface area contributed by atoms with Crippen molar-refractivity contribution in [3.05, 3.63) is 80.8 Å². The van der Waals surface area contributed by atoms with Gasteiger partial charge in [-0.2, -0.15) is 13.2 Å². The summed E-state index contributed by atoms with van der Waals surface area (Å²) in [5, 5.41) is 14.8. The molecule has 1 unspecified atom stereocenters. The van der Waals surface area contributed by atoms with Crippen LogP contribution in [0.2, 0.25) is 0 Å². The van der Waals surface area contributed by atoms with Gasteiger partial charge in [-0.1, -0.05) is 51.2 Å². The topological polar surface area (TPSA) is 152 Å². The first-order valence-electron chi connectivity index (χ1n) is 14.1. The van der Waals surface area contributed by atoms with Crippen molar-refractivity contribution in [2.24, 2.45) is 16.5 Å². The molecule has 1 aliphatic heterocycles. The Balaban J connectivity index is 0.00000243. The number of aryl methyl sites for hydroxylation is 2. The van der Waals surface area contributed by atoms with E-state index in [1.54, 1.807) is 30.0 Å². The van der Waals surface area contributed by atoms with E-state index < -0.39 is 17.6 Å². The number of likely N-dealkylation sites (tertiary alicyclic amines) is 1. The predicted octanol–water partition coefficient (Wildman–Crippen LogP) is 2.52. The maximum absolute atomic E-state index is 13.3. The fourth-order valence-electron chi connectivity index (χ4n) is 4.28. The summed E-state index contributed by atoms with van der Waals surface area (Å²) < 4.78 is 39.9. The smallest absolute Gasteiger partial charge is 0.468 e. The van der Waals surface area contributed by atoms with Crippen molar-refractivity contribution >= 4 is 29.7 Å². The van der Waals surface area contributed by atoms with Crippen LogP contribution in [0.5, 0.6) is 0 Å². The first-order valence-corrected chi connectivity index (χ1v) is 14.1. The van der Waals surface area contributed by atoms with E-state index >= 15 is 0 Å². The maximum Gasteiger partial charge on any atom is 1.00 e. The average molecular weight is 650 g/mol. The number of likely N-dealkylation sites (N-methyl/N-ethyl adjacent to an activating group) is 1. The SMILES string of the molecule is CCC.C[N-]C(=NC1CCCN(C=O)C1)/C(C(=N)N)=C(\N)C#Cc1cc(NC(=O)c2ccc(C)c(C(F)(F)F)c2)ccc1C.[K+]. The number of alkyl halides is 3. The summed E-state index contributed by atoms with van der Waals surface area (Å²) in [7, 11) is 1.49. The molecule has 1 atom stereocenters. The van der Waals surface area contributed by atoms with E-state index in [4.69, 9.17) is 16.9 Å². The van der Waals surface area contributed by atoms with Crippen LogP contribution in [0.25, 0.3) is 5.32 Å². The van der Waals surface area contributed by atoms with Crippen molar-refractivity contribution in [3.8, 4) is 11.8 Å². The summed E-state index contributed by atoms with van der Waals surface area (Å²) >= 11 is 0. The average Bonchev–Trinajstić information content (AvgIpc) is 2.96. The molecule has 13 heteroatoms. The maximum atomic E-state index is 13.3. The minimum atomic E-state index is -4.58. The number of piperidine rings is 1. The molecule has 3 rings (SSSR count). The van der Waals surface area contributed by atoms with Gasteiger partial charge in [0.1, 0.15) is 5.84 Å². The molecule has 0 spiro atoms. The molecule has 6 N–H and O–H groups in total. The zero-order valence-electron chi connectivity index (χ0n) is 26.6. The molecule has 2 aromatic carbocycles. The van der Waals surface area contributed by atoms with Crippen molar-refractivity contribution in [1.82, 2.24) is 4.90 Å². The third kappa shape index (κ3) is 11.9. The predicted molar refractivity (Wildman–Crippen MR) is 169 cm³/mol. The van der Waals surface area contributed by atoms with Crippen molar-refractivity contribution < 1.29 is 74.1 Å². The number of carbonyl (C=O) groups excluding carboxylic acids is 2. The number of allylic oxidation sites excluding steroid dienone is 1. The molecule has 236 valence electrons. The zero-order chi connectivity index (χ0) is 33.0. The Kier molecular flexibility index (Phi) is 16.6. The number of carbonyl (C=O) groups is 2. The van der Waals surface area contributed by atoms with E-state index in [0.29, 0.717) is 24.3 Å². The van der Waals surface area contributed by atoms with Crippen molar-refractivity contribution in [3.63, 3.8) is 0 Å². The van der Waals surface area contributed by atoms with Crippen LogP contribution >= 0.6 is 0 Å². The summed E-state index contributed by atoms with van der Waals surface area (Å²) in [6, 6.07) is 8.02. The van der Waals surface area contributed by atoms with Crippen molar-refractivity contribution in [2.75, 3.05) is 25.5 Å². The minimum Gasteiger partial charge on any atom is -0.468 e. The number of hydrogen-bond donors (Lipinski definition) is 4. The molecule has 1 fully saturated rings. The molecule has 0 aliphatic carbocycles. The standard InChI is InChI=1S/C29H32F3N7O2.C3H8.K/c1-17-7-10-21(38-28(41)20-8-6-18(2)23(14-20)29(30,31)32)13-19(17)9-11-24(33)25(26(34)35)27(36-3)37-22-5-4-12-39(15-22)16-40;1-3-2;/h6-8,10,13-14,16,22H,4-5,12,15H2,1-3H3,(H7,33,34,35,36,37,38,41);3H2,1-2H3;/q;;+1/p-1. The molecule has 9 nitrogen and oxygen atoms in total. The number of nitrogens with zero attached hydrogens (tertiary/aromatic N) is 3. The Labute approximate surface area is 305 Å². The summed E-state index contributed by atoms with van der Waals surface area (Å²) in [6.07, 6.45) is -1.05. The monoisotopic (exact) mass is 649 g/mol. The van der Waals surface area contributed by atoms with Crippen LogP contribution in [-0.2, 0) is 11.0 Å². The first kappa shape index (κ1) is 39.9. The van der Waals surface area contributed by atoms with E-state index in [1.165, 1.54) is 32.5 Å². The fraction of sp³-hybridized carbons (Fsp3) is 0.375. The molecule has 0 aromatic heterocycles. The van der Waals surface area contributed by atoms with Crippen LogP contribution in [0.15, 0.2) is 52.7 Å². The van der Waals surface area contributed by atoms with Crippen LogP contribution in [0.4, 0.5) is 18.9 Å². The Morgan fingerprint density at radius 3 is 2.40 bits per heavy atom. The van der Waals surface area contributed by atoms with Crippen LogP contribution in [0.3, 0.4) is 0 Å². The van der Waals surface area contributed by atoms with Crippen molar-refractivity contribution in [2.45, 2.75) is 59.2 Å². The number of hydrogen-bond acceptors (Lipinski definition) is 5. The van der Waals surface area contributed by atoms with Crippen LogP contribution in [0, 0.1) is 31.1 Å². The van der Waals surface area contributed by atoms with Gasteiger partial charge in [0, 0.05) is 35.5 Å². The molecule has 0 radical (unpaired) electrons. The van der Waals surface area contributed by atoms with Gasteiger partial charge in [0.05, 0.1) is 11.3 Å². The van der Waals surface area contributed by atoms with E-state index in [2.05, 4.69) is 41.3 Å². The third-order valence-corrected chi connectivity index (χ3v) is 6.49. The van der Waals surface area contributed by atoms with Gasteiger partial charge in [0.2, 0.25) is 6.41 Å². The molecule has 45 heavy (non-hydrogen) atoms. The van der Waals surface area contributed by atoms with Gasteiger partial charge in [-0.3, -0.25) is 15.0 Å². The summed E-state index contributed by atoms with van der Waals surface area (Å²) in [4.78, 5) is 30.1. The van der Waals surface area contributed by atoms with Gasteiger partial charge in [0.25, 0.3) is 5.91 Å². The molecule has 2 amide bonds. The number of amidine groups is 2. The Morgan fingerprint density at radius 2 is 1.82 bits per heavy atom. The van der Waals surface area contributed by atoms with Gasteiger partial charge < -0.3 is 32.0 Å². The Hall–Kier alpha value is -3.15. The Morgan fingerprint density at radius 1 is 1.18 bits per heavy atom. The second-order valence-corrected chi connectivity index (χ2v) is 10.2. The molecular weight excluding hydrogens is 610 g/mol. The second-order valence-electron chi connectivity index (χ2n) is 10.2. The fourth-order valence-corrected chi connectivity index (χ4v) is 4.28. The van der Waals surface area contributed by atoms with E-state index in [9.17, 15) is 22.8 Å². The summed E-state index contributed by atoms with van der Waals surface area (Å²) in [5.74, 6) is 4.74. The third-order valence-electron chi connectivity index (χ3n) is 6.49.